The monoisotopic (exact) mass is 335 g/mol. The summed E-state index contributed by atoms with van der Waals surface area (Å²) in [6.07, 6.45) is 9.74. The standard InChI is InChI=1S/C19H21N5O/c1-13-15-4-3-5-16(15)23-17(22-13)7-10-24-11-9-21-19(24)14-6-8-20-18(12-14)25-2/h6,8-9,11-12H,3-5,7,10H2,1-2H3. The number of rotatable bonds is 5. The van der Waals surface area contributed by atoms with Gasteiger partial charge in [0.15, 0.2) is 0 Å². The van der Waals surface area contributed by atoms with E-state index in [0.717, 1.165) is 48.7 Å². The minimum absolute atomic E-state index is 0.588. The van der Waals surface area contributed by atoms with Crippen LogP contribution < -0.4 is 4.74 Å². The molecule has 1 aliphatic rings. The van der Waals surface area contributed by atoms with Gasteiger partial charge in [-0.3, -0.25) is 0 Å². The van der Waals surface area contributed by atoms with Crippen LogP contribution in [0.5, 0.6) is 5.88 Å². The molecule has 25 heavy (non-hydrogen) atoms. The number of pyridine rings is 1. The predicted molar refractivity (Wildman–Crippen MR) is 94.5 cm³/mol. The van der Waals surface area contributed by atoms with Gasteiger partial charge in [0.2, 0.25) is 5.88 Å². The Hall–Kier alpha value is -2.76. The highest BCUT2D eigenvalue weighted by Crippen LogP contribution is 2.23. The first kappa shape index (κ1) is 15.7. The predicted octanol–water partition coefficient (Wildman–Crippen LogP) is 2.78. The maximum Gasteiger partial charge on any atom is 0.213 e. The summed E-state index contributed by atoms with van der Waals surface area (Å²) in [6.45, 7) is 2.89. The molecule has 0 saturated heterocycles. The van der Waals surface area contributed by atoms with Crippen LogP contribution >= 0.6 is 0 Å². The van der Waals surface area contributed by atoms with Gasteiger partial charge in [0, 0.05) is 54.6 Å². The summed E-state index contributed by atoms with van der Waals surface area (Å²) in [5.41, 5.74) is 4.73. The number of fused-ring (bicyclic) bond motifs is 1. The van der Waals surface area contributed by atoms with Crippen molar-refractivity contribution in [3.05, 3.63) is 53.5 Å². The van der Waals surface area contributed by atoms with Crippen LogP contribution in [-0.2, 0) is 25.8 Å². The van der Waals surface area contributed by atoms with E-state index in [1.54, 1.807) is 13.3 Å². The molecule has 128 valence electrons. The molecule has 0 bridgehead atoms. The summed E-state index contributed by atoms with van der Waals surface area (Å²) in [6, 6.07) is 3.84. The van der Waals surface area contributed by atoms with Crippen molar-refractivity contribution in [2.45, 2.75) is 39.2 Å². The smallest absolute Gasteiger partial charge is 0.213 e. The van der Waals surface area contributed by atoms with E-state index < -0.39 is 0 Å². The lowest BCUT2D eigenvalue weighted by molar-refractivity contribution is 0.398. The zero-order valence-electron chi connectivity index (χ0n) is 14.6. The first-order chi connectivity index (χ1) is 12.2. The van der Waals surface area contributed by atoms with Gasteiger partial charge in [-0.1, -0.05) is 0 Å². The molecule has 0 fully saturated rings. The Morgan fingerprint density at radius 3 is 2.96 bits per heavy atom. The summed E-state index contributed by atoms with van der Waals surface area (Å²) >= 11 is 0. The molecule has 0 unspecified atom stereocenters. The average Bonchev–Trinajstić information content (AvgIpc) is 3.29. The van der Waals surface area contributed by atoms with E-state index in [9.17, 15) is 0 Å². The van der Waals surface area contributed by atoms with Crippen LogP contribution in [0.3, 0.4) is 0 Å². The van der Waals surface area contributed by atoms with Gasteiger partial charge in [-0.15, -0.1) is 0 Å². The summed E-state index contributed by atoms with van der Waals surface area (Å²) in [4.78, 5) is 18.1. The molecule has 0 radical (unpaired) electrons. The molecule has 0 atom stereocenters. The molecule has 0 N–H and O–H groups in total. The maximum absolute atomic E-state index is 5.21. The number of aryl methyl sites for hydroxylation is 4. The lowest BCUT2D eigenvalue weighted by atomic mass is 10.2. The van der Waals surface area contributed by atoms with Crippen molar-refractivity contribution in [1.29, 1.82) is 0 Å². The molecule has 3 aromatic heterocycles. The zero-order chi connectivity index (χ0) is 17.2. The Balaban J connectivity index is 1.55. The number of imidazole rings is 1. The van der Waals surface area contributed by atoms with Crippen molar-refractivity contribution in [2.75, 3.05) is 7.11 Å². The quantitative estimate of drug-likeness (QED) is 0.717. The summed E-state index contributed by atoms with van der Waals surface area (Å²) < 4.78 is 7.34. The molecule has 4 rings (SSSR count). The van der Waals surface area contributed by atoms with Crippen LogP contribution in [0.25, 0.3) is 11.4 Å². The van der Waals surface area contributed by atoms with Crippen molar-refractivity contribution >= 4 is 0 Å². The third kappa shape index (κ3) is 3.12. The number of nitrogens with zero attached hydrogens (tertiary/aromatic N) is 5. The Morgan fingerprint density at radius 2 is 2.08 bits per heavy atom. The van der Waals surface area contributed by atoms with Crippen molar-refractivity contribution in [1.82, 2.24) is 24.5 Å². The second-order valence-electron chi connectivity index (χ2n) is 6.29. The van der Waals surface area contributed by atoms with E-state index in [2.05, 4.69) is 21.5 Å². The molecular weight excluding hydrogens is 314 g/mol. The van der Waals surface area contributed by atoms with Crippen molar-refractivity contribution < 1.29 is 4.74 Å². The fourth-order valence-electron chi connectivity index (χ4n) is 3.43. The van der Waals surface area contributed by atoms with Crippen molar-refractivity contribution in [3.63, 3.8) is 0 Å². The van der Waals surface area contributed by atoms with E-state index in [0.29, 0.717) is 5.88 Å². The molecule has 0 amide bonds. The number of ether oxygens (including phenoxy) is 1. The number of hydrogen-bond acceptors (Lipinski definition) is 5. The lowest BCUT2D eigenvalue weighted by Gasteiger charge is -2.10. The minimum atomic E-state index is 0.588. The molecule has 6 nitrogen and oxygen atoms in total. The summed E-state index contributed by atoms with van der Waals surface area (Å²) in [7, 11) is 1.62. The second kappa shape index (κ2) is 6.63. The van der Waals surface area contributed by atoms with Gasteiger partial charge in [-0.25, -0.2) is 19.9 Å². The lowest BCUT2D eigenvalue weighted by Crippen LogP contribution is -2.08. The molecule has 0 aliphatic heterocycles. The molecule has 0 aromatic carbocycles. The van der Waals surface area contributed by atoms with Gasteiger partial charge in [-0.05, 0) is 37.8 Å². The fourth-order valence-corrected chi connectivity index (χ4v) is 3.43. The fraction of sp³-hybridized carbons (Fsp3) is 0.368. The van der Waals surface area contributed by atoms with Gasteiger partial charge in [-0.2, -0.15) is 0 Å². The number of hydrogen-bond donors (Lipinski definition) is 0. The first-order valence-electron chi connectivity index (χ1n) is 8.61. The minimum Gasteiger partial charge on any atom is -0.481 e. The van der Waals surface area contributed by atoms with Crippen LogP contribution in [0.15, 0.2) is 30.7 Å². The Bertz CT molecular complexity index is 903. The highest BCUT2D eigenvalue weighted by molar-refractivity contribution is 5.56. The van der Waals surface area contributed by atoms with Crippen LogP contribution in [0.2, 0.25) is 0 Å². The van der Waals surface area contributed by atoms with Crippen LogP contribution in [0.1, 0.15) is 29.2 Å². The normalized spacial score (nSPS) is 13.0. The van der Waals surface area contributed by atoms with Crippen molar-refractivity contribution in [3.8, 4) is 17.3 Å². The molecule has 0 spiro atoms. The van der Waals surface area contributed by atoms with Gasteiger partial charge in [0.05, 0.1) is 7.11 Å². The van der Waals surface area contributed by atoms with E-state index in [4.69, 9.17) is 14.7 Å². The zero-order valence-corrected chi connectivity index (χ0v) is 14.6. The molecule has 3 heterocycles. The molecule has 3 aromatic rings. The van der Waals surface area contributed by atoms with Gasteiger partial charge < -0.3 is 9.30 Å². The molecule has 0 saturated carbocycles. The average molecular weight is 335 g/mol. The van der Waals surface area contributed by atoms with E-state index in [1.165, 1.54) is 17.7 Å². The largest absolute Gasteiger partial charge is 0.481 e. The Labute approximate surface area is 147 Å². The van der Waals surface area contributed by atoms with Gasteiger partial charge >= 0.3 is 0 Å². The van der Waals surface area contributed by atoms with E-state index >= 15 is 0 Å². The Morgan fingerprint density at radius 1 is 1.16 bits per heavy atom. The second-order valence-corrected chi connectivity index (χ2v) is 6.29. The highest BCUT2D eigenvalue weighted by Gasteiger charge is 2.17. The molecule has 6 heteroatoms. The number of methoxy groups -OCH3 is 1. The van der Waals surface area contributed by atoms with Crippen LogP contribution in [-0.4, -0.2) is 31.6 Å². The number of aromatic nitrogens is 5. The topological polar surface area (TPSA) is 65.7 Å². The van der Waals surface area contributed by atoms with E-state index in [-0.39, 0.29) is 0 Å². The maximum atomic E-state index is 5.21. The summed E-state index contributed by atoms with van der Waals surface area (Å²) in [5, 5.41) is 0. The SMILES string of the molecule is COc1cc(-c2nccn2CCc2nc(C)c3c(n2)CCC3)ccn1. The molecule has 1 aliphatic carbocycles. The molecular formula is C19H21N5O. The first-order valence-corrected chi connectivity index (χ1v) is 8.61. The van der Waals surface area contributed by atoms with Crippen molar-refractivity contribution in [2.24, 2.45) is 0 Å². The van der Waals surface area contributed by atoms with Gasteiger partial charge in [0.25, 0.3) is 0 Å². The van der Waals surface area contributed by atoms with Crippen LogP contribution in [0, 0.1) is 6.92 Å². The third-order valence-electron chi connectivity index (χ3n) is 4.68. The Kier molecular flexibility index (Phi) is 4.17. The summed E-state index contributed by atoms with van der Waals surface area (Å²) in [5.74, 6) is 2.41. The van der Waals surface area contributed by atoms with Crippen LogP contribution in [0.4, 0.5) is 0 Å². The third-order valence-corrected chi connectivity index (χ3v) is 4.68. The van der Waals surface area contributed by atoms with Gasteiger partial charge in [0.1, 0.15) is 11.6 Å². The van der Waals surface area contributed by atoms with E-state index in [1.807, 2.05) is 24.5 Å². The highest BCUT2D eigenvalue weighted by atomic mass is 16.5.